The molecule has 1 fully saturated rings. The van der Waals surface area contributed by atoms with Crippen molar-refractivity contribution < 1.29 is 14.3 Å². The average Bonchev–Trinajstić information content (AvgIpc) is 3.12. The Hall–Kier alpha value is -1.84. The van der Waals surface area contributed by atoms with Crippen molar-refractivity contribution in [2.45, 2.75) is 31.2 Å². The van der Waals surface area contributed by atoms with Crippen molar-refractivity contribution in [1.29, 1.82) is 0 Å². The number of benzene rings is 1. The Balaban J connectivity index is 1.90. The number of fused-ring (bicyclic) bond motifs is 1. The molecule has 1 atom stereocenters. The summed E-state index contributed by atoms with van der Waals surface area (Å²) < 4.78 is 5.15. The Morgan fingerprint density at radius 1 is 1.39 bits per heavy atom. The monoisotopic (exact) mass is 245 g/mol. The van der Waals surface area contributed by atoms with Gasteiger partial charge in [0.15, 0.2) is 5.78 Å². The Labute approximate surface area is 105 Å². The molecule has 0 aromatic heterocycles. The lowest BCUT2D eigenvalue weighted by Gasteiger charge is -2.11. The largest absolute Gasteiger partial charge is 0.497 e. The first kappa shape index (κ1) is 11.3. The molecule has 1 amide bonds. The summed E-state index contributed by atoms with van der Waals surface area (Å²) in [6.45, 7) is 0. The van der Waals surface area contributed by atoms with Crippen molar-refractivity contribution in [3.8, 4) is 5.75 Å². The fraction of sp³-hybridized carbons (Fsp3) is 0.429. The Kier molecular flexibility index (Phi) is 2.58. The summed E-state index contributed by atoms with van der Waals surface area (Å²) in [5.74, 6) is 0.359. The second-order valence-corrected chi connectivity index (χ2v) is 4.92. The molecule has 4 nitrogen and oxygen atoms in total. The number of nitrogens with one attached hydrogen (secondary N) is 1. The smallest absolute Gasteiger partial charge is 0.228 e. The summed E-state index contributed by atoms with van der Waals surface area (Å²) in [6.07, 6.45) is 2.38. The summed E-state index contributed by atoms with van der Waals surface area (Å²) in [5, 5.41) is 2.96. The lowest BCUT2D eigenvalue weighted by molar-refractivity contribution is -0.122. The number of ether oxygens (including phenoxy) is 1. The van der Waals surface area contributed by atoms with Crippen LogP contribution in [0.1, 0.15) is 41.1 Å². The fourth-order valence-corrected chi connectivity index (χ4v) is 2.38. The first-order valence-corrected chi connectivity index (χ1v) is 6.20. The third-order valence-electron chi connectivity index (χ3n) is 3.56. The minimum absolute atomic E-state index is 0.0298. The van der Waals surface area contributed by atoms with E-state index >= 15 is 0 Å². The standard InChI is InChI=1S/C14H15NO3/c1-18-9-4-5-10-11(6-9)12(7-13(10)16)14(17)15-8-2-3-8/h4-6,8,12H,2-3,7H2,1H3,(H,15,17). The van der Waals surface area contributed by atoms with E-state index in [9.17, 15) is 9.59 Å². The second-order valence-electron chi connectivity index (χ2n) is 4.92. The summed E-state index contributed by atoms with van der Waals surface area (Å²) in [6, 6.07) is 5.64. The van der Waals surface area contributed by atoms with Gasteiger partial charge in [0.2, 0.25) is 5.91 Å². The van der Waals surface area contributed by atoms with Crippen LogP contribution in [-0.4, -0.2) is 24.8 Å². The van der Waals surface area contributed by atoms with E-state index in [0.717, 1.165) is 18.4 Å². The van der Waals surface area contributed by atoms with E-state index in [0.29, 0.717) is 17.4 Å². The molecule has 1 N–H and O–H groups in total. The predicted molar refractivity (Wildman–Crippen MR) is 65.8 cm³/mol. The maximum atomic E-state index is 12.1. The first-order valence-electron chi connectivity index (χ1n) is 6.20. The van der Waals surface area contributed by atoms with Crippen LogP contribution in [0.4, 0.5) is 0 Å². The van der Waals surface area contributed by atoms with E-state index in [1.165, 1.54) is 0 Å². The first-order chi connectivity index (χ1) is 8.69. The van der Waals surface area contributed by atoms with Crippen LogP contribution in [0.3, 0.4) is 0 Å². The quantitative estimate of drug-likeness (QED) is 0.880. The molecule has 3 rings (SSSR count). The van der Waals surface area contributed by atoms with Crippen molar-refractivity contribution in [3.05, 3.63) is 29.3 Å². The van der Waals surface area contributed by atoms with Crippen molar-refractivity contribution in [1.82, 2.24) is 5.32 Å². The number of methoxy groups -OCH3 is 1. The van der Waals surface area contributed by atoms with Gasteiger partial charge in [0.25, 0.3) is 0 Å². The van der Waals surface area contributed by atoms with Crippen LogP contribution in [0.5, 0.6) is 5.75 Å². The third kappa shape index (κ3) is 1.88. The molecule has 1 aromatic carbocycles. The summed E-state index contributed by atoms with van der Waals surface area (Å²) in [4.78, 5) is 24.0. The van der Waals surface area contributed by atoms with Crippen LogP contribution in [0.2, 0.25) is 0 Å². The number of hydrogen-bond acceptors (Lipinski definition) is 3. The molecule has 4 heteroatoms. The zero-order valence-corrected chi connectivity index (χ0v) is 10.2. The van der Waals surface area contributed by atoms with Crippen molar-refractivity contribution in [2.75, 3.05) is 7.11 Å². The number of Topliss-reactive ketones (excluding diaryl/α,β-unsaturated/α-hetero) is 1. The molecule has 94 valence electrons. The molecule has 0 spiro atoms. The summed E-state index contributed by atoms with van der Waals surface area (Å²) in [5.41, 5.74) is 1.46. The van der Waals surface area contributed by atoms with Gasteiger partial charge in [-0.25, -0.2) is 0 Å². The van der Waals surface area contributed by atoms with Crippen LogP contribution in [-0.2, 0) is 4.79 Å². The zero-order chi connectivity index (χ0) is 12.7. The Morgan fingerprint density at radius 2 is 2.17 bits per heavy atom. The molecule has 1 aromatic rings. The molecule has 0 saturated heterocycles. The SMILES string of the molecule is COc1ccc2c(c1)C(C(=O)NC1CC1)CC2=O. The number of carbonyl (C=O) groups is 2. The fourth-order valence-electron chi connectivity index (χ4n) is 2.38. The molecule has 1 unspecified atom stereocenters. The van der Waals surface area contributed by atoms with Crippen molar-refractivity contribution >= 4 is 11.7 Å². The van der Waals surface area contributed by atoms with E-state index in [2.05, 4.69) is 5.32 Å². The van der Waals surface area contributed by atoms with E-state index in [1.807, 2.05) is 0 Å². The Morgan fingerprint density at radius 3 is 2.83 bits per heavy atom. The highest BCUT2D eigenvalue weighted by Gasteiger charge is 2.36. The summed E-state index contributed by atoms with van der Waals surface area (Å²) >= 11 is 0. The lowest BCUT2D eigenvalue weighted by Crippen LogP contribution is -2.30. The van der Waals surface area contributed by atoms with E-state index in [4.69, 9.17) is 4.74 Å². The van der Waals surface area contributed by atoms with Gasteiger partial charge in [-0.3, -0.25) is 9.59 Å². The molecule has 2 aliphatic carbocycles. The lowest BCUT2D eigenvalue weighted by atomic mass is 10.00. The molecule has 0 radical (unpaired) electrons. The van der Waals surface area contributed by atoms with Crippen LogP contribution in [0.15, 0.2) is 18.2 Å². The molecule has 0 bridgehead atoms. The van der Waals surface area contributed by atoms with Gasteiger partial charge in [0.1, 0.15) is 5.75 Å². The van der Waals surface area contributed by atoms with Gasteiger partial charge in [-0.2, -0.15) is 0 Å². The molecule has 18 heavy (non-hydrogen) atoms. The molecule has 0 heterocycles. The van der Waals surface area contributed by atoms with Crippen molar-refractivity contribution in [2.24, 2.45) is 0 Å². The number of carbonyl (C=O) groups excluding carboxylic acids is 2. The van der Waals surface area contributed by atoms with Gasteiger partial charge in [-0.15, -0.1) is 0 Å². The molecule has 0 aliphatic heterocycles. The minimum Gasteiger partial charge on any atom is -0.497 e. The van der Waals surface area contributed by atoms with E-state index in [-0.39, 0.29) is 24.0 Å². The van der Waals surface area contributed by atoms with Crippen LogP contribution < -0.4 is 10.1 Å². The summed E-state index contributed by atoms with van der Waals surface area (Å²) in [7, 11) is 1.58. The number of hydrogen-bond donors (Lipinski definition) is 1. The predicted octanol–water partition coefficient (Wildman–Crippen LogP) is 1.64. The highest BCUT2D eigenvalue weighted by atomic mass is 16.5. The van der Waals surface area contributed by atoms with Gasteiger partial charge in [-0.1, -0.05) is 0 Å². The maximum absolute atomic E-state index is 12.1. The molecular weight excluding hydrogens is 230 g/mol. The Bertz CT molecular complexity index is 520. The number of rotatable bonds is 3. The van der Waals surface area contributed by atoms with E-state index < -0.39 is 0 Å². The zero-order valence-electron chi connectivity index (χ0n) is 10.2. The normalized spacial score (nSPS) is 21.6. The van der Waals surface area contributed by atoms with Gasteiger partial charge in [0, 0.05) is 18.0 Å². The third-order valence-corrected chi connectivity index (χ3v) is 3.56. The molecular formula is C14H15NO3. The second kappa shape index (κ2) is 4.12. The van der Waals surface area contributed by atoms with Gasteiger partial charge < -0.3 is 10.1 Å². The minimum atomic E-state index is -0.344. The average molecular weight is 245 g/mol. The number of amides is 1. The van der Waals surface area contributed by atoms with Gasteiger partial charge >= 0.3 is 0 Å². The van der Waals surface area contributed by atoms with Crippen molar-refractivity contribution in [3.63, 3.8) is 0 Å². The van der Waals surface area contributed by atoms with Crippen LogP contribution in [0, 0.1) is 0 Å². The topological polar surface area (TPSA) is 55.4 Å². The van der Waals surface area contributed by atoms with Crippen LogP contribution in [0.25, 0.3) is 0 Å². The highest BCUT2D eigenvalue weighted by Crippen LogP contribution is 2.36. The van der Waals surface area contributed by atoms with E-state index in [1.54, 1.807) is 25.3 Å². The van der Waals surface area contributed by atoms with Gasteiger partial charge in [0.05, 0.1) is 13.0 Å². The molecule has 1 saturated carbocycles. The molecule has 2 aliphatic rings. The number of ketones is 1. The maximum Gasteiger partial charge on any atom is 0.228 e. The van der Waals surface area contributed by atoms with Gasteiger partial charge in [-0.05, 0) is 36.6 Å². The van der Waals surface area contributed by atoms with Crippen LogP contribution >= 0.6 is 0 Å². The highest BCUT2D eigenvalue weighted by molar-refractivity contribution is 6.07.